The van der Waals surface area contributed by atoms with Gasteiger partial charge in [-0.1, -0.05) is 18.2 Å². The SMILES string of the molecule is C=CCC1C=CC(CC(=O)O)CO1. The van der Waals surface area contributed by atoms with Crippen LogP contribution in [0.25, 0.3) is 0 Å². The molecule has 2 unspecified atom stereocenters. The molecule has 0 aliphatic carbocycles. The molecule has 3 heteroatoms. The summed E-state index contributed by atoms with van der Waals surface area (Å²) < 4.78 is 5.41. The first kappa shape index (κ1) is 9.99. The summed E-state index contributed by atoms with van der Waals surface area (Å²) in [4.78, 5) is 10.4. The Morgan fingerprint density at radius 2 is 2.46 bits per heavy atom. The molecule has 1 aliphatic heterocycles. The molecule has 0 aromatic carbocycles. The largest absolute Gasteiger partial charge is 0.481 e. The third-order valence-electron chi connectivity index (χ3n) is 1.96. The van der Waals surface area contributed by atoms with Crippen LogP contribution in [0.4, 0.5) is 0 Å². The minimum Gasteiger partial charge on any atom is -0.481 e. The van der Waals surface area contributed by atoms with E-state index in [4.69, 9.17) is 9.84 Å². The highest BCUT2D eigenvalue weighted by molar-refractivity contribution is 5.67. The minimum atomic E-state index is -0.777. The standard InChI is InChI=1S/C10H14O3/c1-2-3-9-5-4-8(7-13-9)6-10(11)12/h2,4-5,8-9H,1,3,6-7H2,(H,11,12). The first-order chi connectivity index (χ1) is 6.22. The summed E-state index contributed by atoms with van der Waals surface area (Å²) in [5.41, 5.74) is 0. The fourth-order valence-electron chi connectivity index (χ4n) is 1.30. The van der Waals surface area contributed by atoms with Crippen molar-refractivity contribution in [2.45, 2.75) is 18.9 Å². The van der Waals surface area contributed by atoms with Crippen LogP contribution in [-0.4, -0.2) is 23.8 Å². The second kappa shape index (κ2) is 4.82. The number of hydrogen-bond donors (Lipinski definition) is 1. The molecule has 0 aromatic rings. The van der Waals surface area contributed by atoms with E-state index in [2.05, 4.69) is 6.58 Å². The Balaban J connectivity index is 2.37. The molecule has 0 aromatic heterocycles. The molecule has 72 valence electrons. The highest BCUT2D eigenvalue weighted by atomic mass is 16.5. The molecular formula is C10H14O3. The van der Waals surface area contributed by atoms with E-state index in [0.717, 1.165) is 6.42 Å². The average Bonchev–Trinajstić information content (AvgIpc) is 2.08. The second-order valence-corrected chi connectivity index (χ2v) is 3.14. The molecule has 1 rings (SSSR count). The topological polar surface area (TPSA) is 46.5 Å². The number of hydrogen-bond acceptors (Lipinski definition) is 2. The first-order valence-electron chi connectivity index (χ1n) is 4.35. The number of carboxylic acid groups (broad SMARTS) is 1. The van der Waals surface area contributed by atoms with Gasteiger partial charge in [0.1, 0.15) is 0 Å². The van der Waals surface area contributed by atoms with Crippen molar-refractivity contribution in [1.29, 1.82) is 0 Å². The van der Waals surface area contributed by atoms with Gasteiger partial charge >= 0.3 is 5.97 Å². The van der Waals surface area contributed by atoms with Crippen molar-refractivity contribution in [3.8, 4) is 0 Å². The quantitative estimate of drug-likeness (QED) is 0.672. The second-order valence-electron chi connectivity index (χ2n) is 3.14. The number of carboxylic acids is 1. The Kier molecular flexibility index (Phi) is 3.71. The van der Waals surface area contributed by atoms with E-state index >= 15 is 0 Å². The summed E-state index contributed by atoms with van der Waals surface area (Å²) >= 11 is 0. The summed E-state index contributed by atoms with van der Waals surface area (Å²) in [5.74, 6) is -0.751. The molecule has 0 fully saturated rings. The number of rotatable bonds is 4. The average molecular weight is 182 g/mol. The Hall–Kier alpha value is -1.09. The molecule has 2 atom stereocenters. The van der Waals surface area contributed by atoms with Gasteiger partial charge in [0.2, 0.25) is 0 Å². The van der Waals surface area contributed by atoms with E-state index < -0.39 is 5.97 Å². The maximum absolute atomic E-state index is 10.4. The summed E-state index contributed by atoms with van der Waals surface area (Å²) in [6.45, 7) is 4.12. The normalized spacial score (nSPS) is 27.1. The molecule has 0 saturated carbocycles. The molecule has 13 heavy (non-hydrogen) atoms. The first-order valence-corrected chi connectivity index (χ1v) is 4.35. The lowest BCUT2D eigenvalue weighted by molar-refractivity contribution is -0.138. The molecule has 0 saturated heterocycles. The van der Waals surface area contributed by atoms with Crippen LogP contribution in [0.5, 0.6) is 0 Å². The predicted octanol–water partition coefficient (Wildman–Crippen LogP) is 1.61. The van der Waals surface area contributed by atoms with E-state index in [1.165, 1.54) is 0 Å². The Morgan fingerprint density at radius 3 is 2.92 bits per heavy atom. The fraction of sp³-hybridized carbons (Fsp3) is 0.500. The van der Waals surface area contributed by atoms with Crippen LogP contribution >= 0.6 is 0 Å². The van der Waals surface area contributed by atoms with Crippen LogP contribution in [0.15, 0.2) is 24.8 Å². The van der Waals surface area contributed by atoms with Gasteiger partial charge in [-0.05, 0) is 6.42 Å². The summed E-state index contributed by atoms with van der Waals surface area (Å²) in [6.07, 6.45) is 6.66. The zero-order valence-electron chi connectivity index (χ0n) is 7.48. The van der Waals surface area contributed by atoms with Gasteiger partial charge < -0.3 is 9.84 Å². The van der Waals surface area contributed by atoms with Crippen LogP contribution in [0.1, 0.15) is 12.8 Å². The third-order valence-corrected chi connectivity index (χ3v) is 1.96. The van der Waals surface area contributed by atoms with Crippen LogP contribution in [0.3, 0.4) is 0 Å². The van der Waals surface area contributed by atoms with Gasteiger partial charge in [0, 0.05) is 5.92 Å². The van der Waals surface area contributed by atoms with Crippen LogP contribution in [0, 0.1) is 5.92 Å². The van der Waals surface area contributed by atoms with E-state index in [1.54, 1.807) is 6.08 Å². The van der Waals surface area contributed by atoms with E-state index in [0.29, 0.717) is 6.61 Å². The minimum absolute atomic E-state index is 0.0264. The maximum atomic E-state index is 10.4. The lowest BCUT2D eigenvalue weighted by atomic mass is 10.0. The van der Waals surface area contributed by atoms with Crippen molar-refractivity contribution in [2.24, 2.45) is 5.92 Å². The van der Waals surface area contributed by atoms with Crippen LogP contribution in [0.2, 0.25) is 0 Å². The molecule has 0 radical (unpaired) electrons. The van der Waals surface area contributed by atoms with Crippen molar-refractivity contribution in [1.82, 2.24) is 0 Å². The van der Waals surface area contributed by atoms with Crippen molar-refractivity contribution < 1.29 is 14.6 Å². The van der Waals surface area contributed by atoms with Crippen LogP contribution in [-0.2, 0) is 9.53 Å². The fourth-order valence-corrected chi connectivity index (χ4v) is 1.30. The molecule has 1 N–H and O–H groups in total. The number of aliphatic carboxylic acids is 1. The zero-order chi connectivity index (χ0) is 9.68. The highest BCUT2D eigenvalue weighted by Gasteiger charge is 2.17. The maximum Gasteiger partial charge on any atom is 0.304 e. The Morgan fingerprint density at radius 1 is 1.69 bits per heavy atom. The Bertz CT molecular complexity index is 220. The monoisotopic (exact) mass is 182 g/mol. The van der Waals surface area contributed by atoms with Gasteiger partial charge in [0.25, 0.3) is 0 Å². The zero-order valence-corrected chi connectivity index (χ0v) is 7.48. The lowest BCUT2D eigenvalue weighted by Crippen LogP contribution is -2.22. The molecule has 0 amide bonds. The van der Waals surface area contributed by atoms with E-state index in [-0.39, 0.29) is 18.4 Å². The van der Waals surface area contributed by atoms with Crippen LogP contribution < -0.4 is 0 Å². The molecule has 3 nitrogen and oxygen atoms in total. The number of carbonyl (C=O) groups is 1. The third kappa shape index (κ3) is 3.42. The molecule has 1 aliphatic rings. The molecule has 0 bridgehead atoms. The van der Waals surface area contributed by atoms with Crippen molar-refractivity contribution in [3.05, 3.63) is 24.8 Å². The van der Waals surface area contributed by atoms with Gasteiger partial charge in [-0.25, -0.2) is 0 Å². The smallest absolute Gasteiger partial charge is 0.304 e. The molecule has 0 spiro atoms. The number of ether oxygens (including phenoxy) is 1. The predicted molar refractivity (Wildman–Crippen MR) is 49.4 cm³/mol. The molecule has 1 heterocycles. The van der Waals surface area contributed by atoms with Gasteiger partial charge in [-0.3, -0.25) is 4.79 Å². The van der Waals surface area contributed by atoms with Gasteiger partial charge in [0.15, 0.2) is 0 Å². The van der Waals surface area contributed by atoms with Gasteiger partial charge in [0.05, 0.1) is 19.1 Å². The summed E-state index contributed by atoms with van der Waals surface area (Å²) in [6, 6.07) is 0. The van der Waals surface area contributed by atoms with Crippen molar-refractivity contribution in [3.63, 3.8) is 0 Å². The van der Waals surface area contributed by atoms with Crippen molar-refractivity contribution >= 4 is 5.97 Å². The highest BCUT2D eigenvalue weighted by Crippen LogP contribution is 2.16. The van der Waals surface area contributed by atoms with Crippen molar-refractivity contribution in [2.75, 3.05) is 6.61 Å². The van der Waals surface area contributed by atoms with Gasteiger partial charge in [-0.2, -0.15) is 0 Å². The summed E-state index contributed by atoms with van der Waals surface area (Å²) in [7, 11) is 0. The molecular weight excluding hydrogens is 168 g/mol. The van der Waals surface area contributed by atoms with E-state index in [9.17, 15) is 4.79 Å². The van der Waals surface area contributed by atoms with Gasteiger partial charge in [-0.15, -0.1) is 6.58 Å². The lowest BCUT2D eigenvalue weighted by Gasteiger charge is -2.21. The van der Waals surface area contributed by atoms with E-state index in [1.807, 2.05) is 12.2 Å². The Labute approximate surface area is 77.7 Å². The summed E-state index contributed by atoms with van der Waals surface area (Å²) in [5, 5.41) is 8.53.